The number of benzene rings is 2. The quantitative estimate of drug-likeness (QED) is 0.904. The zero-order valence-corrected chi connectivity index (χ0v) is 9.99. The predicted octanol–water partition coefficient (Wildman–Crippen LogP) is 3.32. The lowest BCUT2D eigenvalue weighted by Crippen LogP contribution is -2.17. The molecule has 96 valence electrons. The van der Waals surface area contributed by atoms with Crippen LogP contribution in [0.1, 0.15) is 12.0 Å². The minimum atomic E-state index is -3.11. The van der Waals surface area contributed by atoms with E-state index in [1.165, 1.54) is 13.2 Å². The van der Waals surface area contributed by atoms with Crippen LogP contribution >= 0.6 is 0 Å². The van der Waals surface area contributed by atoms with Crippen LogP contribution in [0.3, 0.4) is 0 Å². The molecule has 0 aliphatic rings. The van der Waals surface area contributed by atoms with E-state index in [0.29, 0.717) is 5.39 Å². The fraction of sp³-hybridized carbons (Fsp3) is 0.286. The Kier molecular flexibility index (Phi) is 3.48. The van der Waals surface area contributed by atoms with Gasteiger partial charge >= 0.3 is 0 Å². The maximum absolute atomic E-state index is 14.1. The Morgan fingerprint density at radius 3 is 2.56 bits per heavy atom. The molecule has 0 aliphatic heterocycles. The third-order valence-electron chi connectivity index (χ3n) is 2.90. The van der Waals surface area contributed by atoms with Crippen LogP contribution in [0, 0.1) is 0 Å². The van der Waals surface area contributed by atoms with Gasteiger partial charge in [-0.25, -0.2) is 8.78 Å². The van der Waals surface area contributed by atoms with Crippen molar-refractivity contribution in [3.63, 3.8) is 0 Å². The van der Waals surface area contributed by atoms with Crippen molar-refractivity contribution >= 4 is 10.8 Å². The number of halogens is 2. The van der Waals surface area contributed by atoms with E-state index < -0.39 is 19.0 Å². The second-order valence-corrected chi connectivity index (χ2v) is 4.04. The van der Waals surface area contributed by atoms with Gasteiger partial charge < -0.3 is 9.84 Å². The monoisotopic (exact) mass is 252 g/mol. The fourth-order valence-corrected chi connectivity index (χ4v) is 2.06. The number of rotatable bonds is 4. The second-order valence-electron chi connectivity index (χ2n) is 4.04. The lowest BCUT2D eigenvalue weighted by Gasteiger charge is -2.20. The Hall–Kier alpha value is -1.68. The third kappa shape index (κ3) is 2.16. The first-order valence-electron chi connectivity index (χ1n) is 5.65. The molecule has 0 saturated heterocycles. The van der Waals surface area contributed by atoms with E-state index in [0.717, 1.165) is 5.39 Å². The van der Waals surface area contributed by atoms with Crippen LogP contribution in [0.5, 0.6) is 5.75 Å². The van der Waals surface area contributed by atoms with Crippen LogP contribution in [-0.4, -0.2) is 18.8 Å². The number of aliphatic hydroxyl groups excluding tert-OH is 1. The first-order valence-corrected chi connectivity index (χ1v) is 5.65. The molecule has 0 amide bonds. The molecule has 18 heavy (non-hydrogen) atoms. The summed E-state index contributed by atoms with van der Waals surface area (Å²) in [5.41, 5.74) is -0.155. The van der Waals surface area contributed by atoms with Gasteiger partial charge in [0.1, 0.15) is 5.75 Å². The summed E-state index contributed by atoms with van der Waals surface area (Å²) in [6.45, 7) is -0.570. The SMILES string of the molecule is COc1ccc2ccccc2c1C(F)(F)CCO. The van der Waals surface area contributed by atoms with Crippen molar-refractivity contribution in [3.8, 4) is 5.75 Å². The highest BCUT2D eigenvalue weighted by molar-refractivity contribution is 5.88. The van der Waals surface area contributed by atoms with E-state index in [-0.39, 0.29) is 11.3 Å². The summed E-state index contributed by atoms with van der Waals surface area (Å²) in [5.74, 6) is -2.96. The van der Waals surface area contributed by atoms with Gasteiger partial charge in [-0.15, -0.1) is 0 Å². The second kappa shape index (κ2) is 4.90. The molecule has 0 saturated carbocycles. The molecule has 0 atom stereocenters. The third-order valence-corrected chi connectivity index (χ3v) is 2.90. The standard InChI is InChI=1S/C14H14F2O2/c1-18-12-7-6-10-4-2-3-5-11(10)13(12)14(15,16)8-9-17/h2-7,17H,8-9H2,1H3. The Balaban J connectivity index is 2.72. The largest absolute Gasteiger partial charge is 0.496 e. The van der Waals surface area contributed by atoms with Crippen LogP contribution in [0.25, 0.3) is 10.8 Å². The van der Waals surface area contributed by atoms with E-state index >= 15 is 0 Å². The lowest BCUT2D eigenvalue weighted by molar-refractivity contribution is -0.0272. The van der Waals surface area contributed by atoms with Gasteiger partial charge in [0.05, 0.1) is 12.7 Å². The smallest absolute Gasteiger partial charge is 0.279 e. The fourth-order valence-electron chi connectivity index (χ4n) is 2.06. The molecule has 0 fully saturated rings. The number of alkyl halides is 2. The maximum Gasteiger partial charge on any atom is 0.279 e. The molecule has 0 aliphatic carbocycles. The number of hydrogen-bond donors (Lipinski definition) is 1. The van der Waals surface area contributed by atoms with Gasteiger partial charge in [0.2, 0.25) is 0 Å². The molecule has 0 radical (unpaired) electrons. The van der Waals surface area contributed by atoms with Gasteiger partial charge in [-0.1, -0.05) is 30.3 Å². The van der Waals surface area contributed by atoms with Crippen molar-refractivity contribution < 1.29 is 18.6 Å². The molecule has 0 bridgehead atoms. The molecule has 0 unspecified atom stereocenters. The number of hydrogen-bond acceptors (Lipinski definition) is 2. The Morgan fingerprint density at radius 1 is 1.17 bits per heavy atom. The molecule has 2 aromatic rings. The van der Waals surface area contributed by atoms with Gasteiger partial charge in [-0.05, 0) is 16.8 Å². The van der Waals surface area contributed by atoms with Gasteiger partial charge in [0.25, 0.3) is 5.92 Å². The Morgan fingerprint density at radius 2 is 1.89 bits per heavy atom. The maximum atomic E-state index is 14.1. The molecular formula is C14H14F2O2. The van der Waals surface area contributed by atoms with Gasteiger partial charge in [-0.2, -0.15) is 0 Å². The molecule has 2 nitrogen and oxygen atoms in total. The molecular weight excluding hydrogens is 238 g/mol. The van der Waals surface area contributed by atoms with E-state index in [2.05, 4.69) is 0 Å². The molecule has 0 spiro atoms. The van der Waals surface area contributed by atoms with Gasteiger partial charge in [-0.3, -0.25) is 0 Å². The molecule has 1 N–H and O–H groups in total. The van der Waals surface area contributed by atoms with Crippen LogP contribution in [-0.2, 0) is 5.92 Å². The molecule has 2 rings (SSSR count). The van der Waals surface area contributed by atoms with Crippen LogP contribution < -0.4 is 4.74 Å². The number of ether oxygens (including phenoxy) is 1. The average molecular weight is 252 g/mol. The zero-order chi connectivity index (χ0) is 13.2. The normalized spacial score (nSPS) is 11.8. The minimum absolute atomic E-state index is 0.146. The van der Waals surface area contributed by atoms with E-state index in [1.54, 1.807) is 30.3 Å². The molecule has 0 heterocycles. The first-order chi connectivity index (χ1) is 8.60. The molecule has 0 aromatic heterocycles. The number of aliphatic hydroxyl groups is 1. The summed E-state index contributed by atoms with van der Waals surface area (Å²) < 4.78 is 33.2. The molecule has 2 aromatic carbocycles. The summed E-state index contributed by atoms with van der Waals surface area (Å²) in [5, 5.41) is 9.96. The Labute approximate surface area is 104 Å². The summed E-state index contributed by atoms with van der Waals surface area (Å²) in [6.07, 6.45) is -0.614. The lowest BCUT2D eigenvalue weighted by atomic mass is 9.97. The topological polar surface area (TPSA) is 29.5 Å². The van der Waals surface area contributed by atoms with Crippen molar-refractivity contribution in [1.29, 1.82) is 0 Å². The van der Waals surface area contributed by atoms with Crippen molar-refractivity contribution in [3.05, 3.63) is 42.0 Å². The first kappa shape index (κ1) is 12.8. The number of methoxy groups -OCH3 is 1. The van der Waals surface area contributed by atoms with Gasteiger partial charge in [0, 0.05) is 13.0 Å². The zero-order valence-electron chi connectivity index (χ0n) is 9.99. The van der Waals surface area contributed by atoms with Crippen molar-refractivity contribution in [1.82, 2.24) is 0 Å². The summed E-state index contributed by atoms with van der Waals surface area (Å²) >= 11 is 0. The van der Waals surface area contributed by atoms with E-state index in [4.69, 9.17) is 9.84 Å². The highest BCUT2D eigenvalue weighted by Gasteiger charge is 2.35. The van der Waals surface area contributed by atoms with Crippen molar-refractivity contribution in [2.75, 3.05) is 13.7 Å². The summed E-state index contributed by atoms with van der Waals surface area (Å²) in [6, 6.07) is 10.2. The average Bonchev–Trinajstić information content (AvgIpc) is 2.37. The van der Waals surface area contributed by atoms with Crippen molar-refractivity contribution in [2.45, 2.75) is 12.3 Å². The predicted molar refractivity (Wildman–Crippen MR) is 66.1 cm³/mol. The minimum Gasteiger partial charge on any atom is -0.496 e. The van der Waals surface area contributed by atoms with Crippen molar-refractivity contribution in [2.24, 2.45) is 0 Å². The summed E-state index contributed by atoms with van der Waals surface area (Å²) in [4.78, 5) is 0. The highest BCUT2D eigenvalue weighted by Crippen LogP contribution is 2.42. The van der Waals surface area contributed by atoms with Gasteiger partial charge in [0.15, 0.2) is 0 Å². The molecule has 4 heteroatoms. The van der Waals surface area contributed by atoms with Crippen LogP contribution in [0.4, 0.5) is 8.78 Å². The number of fused-ring (bicyclic) bond motifs is 1. The summed E-state index contributed by atoms with van der Waals surface area (Å²) in [7, 11) is 1.36. The Bertz CT molecular complexity index is 552. The van der Waals surface area contributed by atoms with Crippen LogP contribution in [0.2, 0.25) is 0 Å². The van der Waals surface area contributed by atoms with E-state index in [9.17, 15) is 8.78 Å². The highest BCUT2D eigenvalue weighted by atomic mass is 19.3. The van der Waals surface area contributed by atoms with Crippen LogP contribution in [0.15, 0.2) is 36.4 Å². The van der Waals surface area contributed by atoms with E-state index in [1.807, 2.05) is 0 Å².